The van der Waals surface area contributed by atoms with Gasteiger partial charge in [0.25, 0.3) is 5.91 Å². The third-order valence-electron chi connectivity index (χ3n) is 4.99. The van der Waals surface area contributed by atoms with Crippen molar-refractivity contribution in [1.82, 2.24) is 15.5 Å². The second kappa shape index (κ2) is 9.78. The molecule has 3 N–H and O–H groups in total. The molecule has 0 spiro atoms. The SMILES string of the molecule is COc1cccc(-c2cccc(C(CC(=O)O)NC(=O)NC3C(=O)C=CN(C)C3=O)c2)c1. The van der Waals surface area contributed by atoms with Crippen LogP contribution in [-0.2, 0) is 14.4 Å². The number of ketones is 1. The molecule has 32 heavy (non-hydrogen) atoms. The van der Waals surface area contributed by atoms with Crippen LogP contribution in [0.15, 0.2) is 60.8 Å². The van der Waals surface area contributed by atoms with Gasteiger partial charge in [-0.15, -0.1) is 0 Å². The monoisotopic (exact) mass is 437 g/mol. The average Bonchev–Trinajstić information content (AvgIpc) is 2.78. The molecule has 3 rings (SSSR count). The van der Waals surface area contributed by atoms with E-state index in [9.17, 15) is 24.3 Å². The summed E-state index contributed by atoms with van der Waals surface area (Å²) in [5.41, 5.74) is 2.22. The first-order chi connectivity index (χ1) is 15.3. The van der Waals surface area contributed by atoms with Gasteiger partial charge >= 0.3 is 12.0 Å². The Kier molecular flexibility index (Phi) is 6.89. The van der Waals surface area contributed by atoms with E-state index in [1.54, 1.807) is 25.3 Å². The summed E-state index contributed by atoms with van der Waals surface area (Å²) in [7, 11) is 3.03. The Hall–Kier alpha value is -4.14. The van der Waals surface area contributed by atoms with E-state index in [4.69, 9.17) is 4.74 Å². The van der Waals surface area contributed by atoms with Crippen LogP contribution in [0, 0.1) is 0 Å². The number of aliphatic carboxylic acids is 1. The molecule has 1 aliphatic heterocycles. The predicted octanol–water partition coefficient (Wildman–Crippen LogP) is 2.10. The maximum absolute atomic E-state index is 12.5. The number of nitrogens with one attached hydrogen (secondary N) is 2. The van der Waals surface area contributed by atoms with Crippen molar-refractivity contribution in [3.63, 3.8) is 0 Å². The first kappa shape index (κ1) is 22.5. The molecule has 1 heterocycles. The highest BCUT2D eigenvalue weighted by atomic mass is 16.5. The Morgan fingerprint density at radius 1 is 1.12 bits per heavy atom. The number of carboxylic acid groups (broad SMARTS) is 1. The highest BCUT2D eigenvalue weighted by molar-refractivity contribution is 6.14. The lowest BCUT2D eigenvalue weighted by atomic mass is 9.97. The summed E-state index contributed by atoms with van der Waals surface area (Å²) in [5, 5.41) is 14.2. The largest absolute Gasteiger partial charge is 0.497 e. The molecule has 2 aromatic rings. The fourth-order valence-corrected chi connectivity index (χ4v) is 3.31. The van der Waals surface area contributed by atoms with Crippen molar-refractivity contribution in [2.24, 2.45) is 0 Å². The number of likely N-dealkylation sites (N-methyl/N-ethyl adjacent to an activating group) is 1. The minimum absolute atomic E-state index is 0.388. The fourth-order valence-electron chi connectivity index (χ4n) is 3.31. The number of hydrogen-bond donors (Lipinski definition) is 3. The fraction of sp³-hybridized carbons (Fsp3) is 0.217. The number of rotatable bonds is 7. The Morgan fingerprint density at radius 2 is 1.81 bits per heavy atom. The van der Waals surface area contributed by atoms with Crippen molar-refractivity contribution < 1.29 is 29.0 Å². The first-order valence-electron chi connectivity index (χ1n) is 9.80. The zero-order chi connectivity index (χ0) is 23.3. The van der Waals surface area contributed by atoms with Gasteiger partial charge in [0.1, 0.15) is 5.75 Å². The molecule has 0 aliphatic carbocycles. The van der Waals surface area contributed by atoms with Crippen molar-refractivity contribution in [1.29, 1.82) is 0 Å². The van der Waals surface area contributed by atoms with Crippen molar-refractivity contribution in [3.8, 4) is 16.9 Å². The van der Waals surface area contributed by atoms with E-state index in [0.29, 0.717) is 11.3 Å². The van der Waals surface area contributed by atoms with Gasteiger partial charge in [0.05, 0.1) is 19.6 Å². The van der Waals surface area contributed by atoms with Gasteiger partial charge in [-0.2, -0.15) is 0 Å². The third kappa shape index (κ3) is 5.31. The van der Waals surface area contributed by atoms with Crippen LogP contribution in [0.3, 0.4) is 0 Å². The summed E-state index contributed by atoms with van der Waals surface area (Å²) in [6.07, 6.45) is 2.12. The molecule has 1 aliphatic rings. The minimum atomic E-state index is -1.36. The van der Waals surface area contributed by atoms with Gasteiger partial charge in [0, 0.05) is 19.3 Å². The van der Waals surface area contributed by atoms with Crippen LogP contribution in [0.25, 0.3) is 11.1 Å². The van der Waals surface area contributed by atoms with Crippen molar-refractivity contribution >= 4 is 23.7 Å². The number of nitrogens with zero attached hydrogens (tertiary/aromatic N) is 1. The molecule has 2 unspecified atom stereocenters. The van der Waals surface area contributed by atoms with Crippen molar-refractivity contribution in [3.05, 3.63) is 66.4 Å². The number of hydrogen-bond acceptors (Lipinski definition) is 5. The van der Waals surface area contributed by atoms with Crippen molar-refractivity contribution in [2.45, 2.75) is 18.5 Å². The number of methoxy groups -OCH3 is 1. The summed E-state index contributed by atoms with van der Waals surface area (Å²) in [4.78, 5) is 49.3. The predicted molar refractivity (Wildman–Crippen MR) is 116 cm³/mol. The van der Waals surface area contributed by atoms with E-state index in [2.05, 4.69) is 10.6 Å². The lowest BCUT2D eigenvalue weighted by molar-refractivity contribution is -0.138. The Bertz CT molecular complexity index is 1080. The van der Waals surface area contributed by atoms with Crippen LogP contribution >= 0.6 is 0 Å². The van der Waals surface area contributed by atoms with Gasteiger partial charge in [0.15, 0.2) is 11.8 Å². The molecule has 0 aromatic heterocycles. The minimum Gasteiger partial charge on any atom is -0.497 e. The molecule has 166 valence electrons. The smallest absolute Gasteiger partial charge is 0.316 e. The second-order valence-electron chi connectivity index (χ2n) is 7.23. The van der Waals surface area contributed by atoms with Crippen LogP contribution < -0.4 is 15.4 Å². The molecule has 0 saturated heterocycles. The average molecular weight is 437 g/mol. The van der Waals surface area contributed by atoms with Crippen LogP contribution in [-0.4, -0.2) is 53.9 Å². The number of urea groups is 1. The lowest BCUT2D eigenvalue weighted by Gasteiger charge is -2.25. The molecule has 9 nitrogen and oxygen atoms in total. The molecule has 0 radical (unpaired) electrons. The van der Waals surface area contributed by atoms with E-state index in [1.807, 2.05) is 30.3 Å². The van der Waals surface area contributed by atoms with Crippen LogP contribution in [0.2, 0.25) is 0 Å². The molecule has 0 fully saturated rings. The van der Waals surface area contributed by atoms with E-state index < -0.39 is 35.8 Å². The first-order valence-corrected chi connectivity index (χ1v) is 9.80. The van der Waals surface area contributed by atoms with Crippen molar-refractivity contribution in [2.75, 3.05) is 14.2 Å². The number of carboxylic acids is 1. The molecule has 0 bridgehead atoms. The highest BCUT2D eigenvalue weighted by Crippen LogP contribution is 2.27. The van der Waals surface area contributed by atoms with Gasteiger partial charge < -0.3 is 25.4 Å². The van der Waals surface area contributed by atoms with Crippen LogP contribution in [0.1, 0.15) is 18.0 Å². The van der Waals surface area contributed by atoms with Crippen LogP contribution in [0.4, 0.5) is 4.79 Å². The van der Waals surface area contributed by atoms with E-state index in [1.165, 1.54) is 24.2 Å². The van der Waals surface area contributed by atoms with Crippen LogP contribution in [0.5, 0.6) is 5.75 Å². The van der Waals surface area contributed by atoms with Gasteiger partial charge in [-0.3, -0.25) is 14.4 Å². The number of benzene rings is 2. The molecule has 0 saturated carbocycles. The topological polar surface area (TPSA) is 125 Å². The number of ether oxygens (including phenoxy) is 1. The number of carbonyl (C=O) groups excluding carboxylic acids is 3. The maximum atomic E-state index is 12.5. The van der Waals surface area contributed by atoms with E-state index in [-0.39, 0.29) is 6.42 Å². The quantitative estimate of drug-likeness (QED) is 0.570. The molecular weight excluding hydrogens is 414 g/mol. The summed E-state index contributed by atoms with van der Waals surface area (Å²) >= 11 is 0. The Balaban J connectivity index is 1.81. The normalized spacial score (nSPS) is 16.4. The zero-order valence-electron chi connectivity index (χ0n) is 17.6. The summed E-state index contributed by atoms with van der Waals surface area (Å²) in [6, 6.07) is 11.4. The number of amides is 3. The molecule has 2 aromatic carbocycles. The maximum Gasteiger partial charge on any atom is 0.316 e. The van der Waals surface area contributed by atoms with Gasteiger partial charge in [-0.1, -0.05) is 30.3 Å². The summed E-state index contributed by atoms with van der Waals surface area (Å²) < 4.78 is 5.25. The summed E-state index contributed by atoms with van der Waals surface area (Å²) in [5.74, 6) is -1.58. The van der Waals surface area contributed by atoms with E-state index in [0.717, 1.165) is 11.1 Å². The molecule has 2 atom stereocenters. The Morgan fingerprint density at radius 3 is 2.50 bits per heavy atom. The summed E-state index contributed by atoms with van der Waals surface area (Å²) in [6.45, 7) is 0. The Labute approximate surface area is 184 Å². The standard InChI is InChI=1S/C23H23N3O6/c1-26-10-9-19(27)21(22(26)30)25-23(31)24-18(13-20(28)29)16-7-3-5-14(11-16)15-6-4-8-17(12-15)32-2/h3-12,18,21H,13H2,1-2H3,(H,28,29)(H2,24,25,31). The molecule has 3 amide bonds. The third-order valence-corrected chi connectivity index (χ3v) is 4.99. The van der Waals surface area contributed by atoms with Gasteiger partial charge in [0.2, 0.25) is 0 Å². The number of carbonyl (C=O) groups is 4. The molecule has 9 heteroatoms. The van der Waals surface area contributed by atoms with E-state index >= 15 is 0 Å². The van der Waals surface area contributed by atoms with Gasteiger partial charge in [-0.25, -0.2) is 4.79 Å². The van der Waals surface area contributed by atoms with Gasteiger partial charge in [-0.05, 0) is 34.9 Å². The highest BCUT2D eigenvalue weighted by Gasteiger charge is 2.32. The molecular formula is C23H23N3O6. The second-order valence-corrected chi connectivity index (χ2v) is 7.23. The zero-order valence-corrected chi connectivity index (χ0v) is 17.6. The lowest BCUT2D eigenvalue weighted by Crippen LogP contribution is -2.55.